The quantitative estimate of drug-likeness (QED) is 0.703. The Kier molecular flexibility index (Phi) is 2.97. The molecule has 1 amide bonds. The van der Waals surface area contributed by atoms with E-state index in [-0.39, 0.29) is 5.78 Å². The number of carbonyl (C=O) groups is 2. The van der Waals surface area contributed by atoms with Crippen LogP contribution in [0.4, 0.5) is 5.69 Å². The highest BCUT2D eigenvalue weighted by molar-refractivity contribution is 6.42. The van der Waals surface area contributed by atoms with E-state index >= 15 is 0 Å². The van der Waals surface area contributed by atoms with Crippen LogP contribution in [0.15, 0.2) is 18.2 Å². The lowest BCUT2D eigenvalue weighted by atomic mass is 10.1. The van der Waals surface area contributed by atoms with Crippen molar-refractivity contribution in [1.82, 2.24) is 0 Å². The fourth-order valence-electron chi connectivity index (χ4n) is 1.88. The minimum absolute atomic E-state index is 0.314. The summed E-state index contributed by atoms with van der Waals surface area (Å²) in [5.74, 6) is -0.734. The van der Waals surface area contributed by atoms with Crippen molar-refractivity contribution >= 4 is 29.0 Å². The van der Waals surface area contributed by atoms with Crippen LogP contribution in [0.25, 0.3) is 0 Å². The van der Waals surface area contributed by atoms with Crippen LogP contribution in [-0.2, 0) is 9.59 Å². The van der Waals surface area contributed by atoms with Crippen LogP contribution in [0.3, 0.4) is 0 Å². The lowest BCUT2D eigenvalue weighted by molar-refractivity contribution is -0.137. The van der Waals surface area contributed by atoms with Gasteiger partial charge in [-0.2, -0.15) is 0 Å². The predicted octanol–water partition coefficient (Wildman–Crippen LogP) is 2.34. The molecular formula is C12H12ClNO2. The maximum absolute atomic E-state index is 11.7. The Morgan fingerprint density at radius 2 is 2.06 bits per heavy atom. The van der Waals surface area contributed by atoms with Crippen molar-refractivity contribution in [2.45, 2.75) is 19.8 Å². The molecule has 1 fully saturated rings. The minimum atomic E-state index is -0.420. The lowest BCUT2D eigenvalue weighted by Crippen LogP contribution is -2.42. The Hall–Kier alpha value is -1.35. The van der Waals surface area contributed by atoms with Gasteiger partial charge in [0.15, 0.2) is 0 Å². The van der Waals surface area contributed by atoms with Crippen molar-refractivity contribution in [1.29, 1.82) is 0 Å². The van der Waals surface area contributed by atoms with Gasteiger partial charge in [0.05, 0.1) is 0 Å². The summed E-state index contributed by atoms with van der Waals surface area (Å²) in [5.41, 5.74) is 1.58. The van der Waals surface area contributed by atoms with Crippen LogP contribution in [0.2, 0.25) is 5.02 Å². The summed E-state index contributed by atoms with van der Waals surface area (Å²) >= 11 is 5.99. The Labute approximate surface area is 99.0 Å². The van der Waals surface area contributed by atoms with Gasteiger partial charge >= 0.3 is 0 Å². The van der Waals surface area contributed by atoms with Gasteiger partial charge in [-0.05, 0) is 31.0 Å². The molecule has 0 aliphatic carbocycles. The summed E-state index contributed by atoms with van der Waals surface area (Å²) in [4.78, 5) is 24.6. The summed E-state index contributed by atoms with van der Waals surface area (Å²) < 4.78 is 0. The topological polar surface area (TPSA) is 37.4 Å². The monoisotopic (exact) mass is 237 g/mol. The van der Waals surface area contributed by atoms with Crippen LogP contribution >= 0.6 is 11.6 Å². The molecule has 1 saturated heterocycles. The van der Waals surface area contributed by atoms with E-state index in [0.717, 1.165) is 17.7 Å². The van der Waals surface area contributed by atoms with Gasteiger partial charge < -0.3 is 4.90 Å². The molecule has 2 rings (SSSR count). The maximum atomic E-state index is 11.7. The first-order valence-electron chi connectivity index (χ1n) is 5.21. The number of anilines is 1. The standard InChI is InChI=1S/C12H12ClNO2/c1-8-9(13)4-2-5-10(8)14-7-3-6-11(15)12(14)16/h2,4-5H,3,6-7H2,1H3. The predicted molar refractivity (Wildman–Crippen MR) is 62.8 cm³/mol. The lowest BCUT2D eigenvalue weighted by Gasteiger charge is -2.27. The average Bonchev–Trinajstić information content (AvgIpc) is 2.27. The Morgan fingerprint density at radius 1 is 1.31 bits per heavy atom. The molecule has 0 N–H and O–H groups in total. The molecular weight excluding hydrogens is 226 g/mol. The summed E-state index contributed by atoms with van der Waals surface area (Å²) in [7, 11) is 0. The highest BCUT2D eigenvalue weighted by atomic mass is 35.5. The van der Waals surface area contributed by atoms with Gasteiger partial charge in [-0.3, -0.25) is 9.59 Å². The fraction of sp³-hybridized carbons (Fsp3) is 0.333. The van der Waals surface area contributed by atoms with E-state index in [9.17, 15) is 9.59 Å². The summed E-state index contributed by atoms with van der Waals surface area (Å²) in [5, 5.41) is 0.614. The summed E-state index contributed by atoms with van der Waals surface area (Å²) in [6, 6.07) is 5.38. The molecule has 0 spiro atoms. The molecule has 0 saturated carbocycles. The van der Waals surface area contributed by atoms with Crippen molar-refractivity contribution in [3.05, 3.63) is 28.8 Å². The SMILES string of the molecule is Cc1c(Cl)cccc1N1CCCC(=O)C1=O. The first-order chi connectivity index (χ1) is 7.61. The van der Waals surface area contributed by atoms with Crippen molar-refractivity contribution in [2.75, 3.05) is 11.4 Å². The normalized spacial score (nSPS) is 16.8. The van der Waals surface area contributed by atoms with Gasteiger partial charge in [0, 0.05) is 23.7 Å². The number of halogens is 1. The molecule has 4 heteroatoms. The van der Waals surface area contributed by atoms with Crippen LogP contribution < -0.4 is 4.90 Å². The highest BCUT2D eigenvalue weighted by Crippen LogP contribution is 2.28. The number of hydrogen-bond donors (Lipinski definition) is 0. The smallest absolute Gasteiger partial charge is 0.294 e. The third-order valence-electron chi connectivity index (χ3n) is 2.80. The largest absolute Gasteiger partial charge is 0.306 e. The van der Waals surface area contributed by atoms with Crippen LogP contribution in [0, 0.1) is 6.92 Å². The van der Waals surface area contributed by atoms with E-state index in [1.54, 1.807) is 12.1 Å². The van der Waals surface area contributed by atoms with Crippen molar-refractivity contribution < 1.29 is 9.59 Å². The molecule has 3 nitrogen and oxygen atoms in total. The average molecular weight is 238 g/mol. The molecule has 0 atom stereocenters. The number of amides is 1. The van der Waals surface area contributed by atoms with Gasteiger partial charge in [0.1, 0.15) is 0 Å². The van der Waals surface area contributed by atoms with E-state index in [0.29, 0.717) is 18.0 Å². The maximum Gasteiger partial charge on any atom is 0.294 e. The number of carbonyl (C=O) groups excluding carboxylic acids is 2. The third-order valence-corrected chi connectivity index (χ3v) is 3.21. The zero-order chi connectivity index (χ0) is 11.7. The molecule has 84 valence electrons. The second-order valence-corrected chi connectivity index (χ2v) is 4.27. The molecule has 0 aromatic heterocycles. The molecule has 1 aliphatic rings. The molecule has 16 heavy (non-hydrogen) atoms. The third kappa shape index (κ3) is 1.83. The molecule has 0 bridgehead atoms. The van der Waals surface area contributed by atoms with Gasteiger partial charge in [0.25, 0.3) is 5.91 Å². The van der Waals surface area contributed by atoms with Gasteiger partial charge in [-0.1, -0.05) is 17.7 Å². The Balaban J connectivity index is 2.40. The highest BCUT2D eigenvalue weighted by Gasteiger charge is 2.28. The molecule has 1 heterocycles. The first kappa shape index (κ1) is 11.1. The Bertz CT molecular complexity index is 456. The van der Waals surface area contributed by atoms with E-state index < -0.39 is 5.91 Å². The van der Waals surface area contributed by atoms with Crippen LogP contribution in [0.1, 0.15) is 18.4 Å². The minimum Gasteiger partial charge on any atom is -0.306 e. The fourth-order valence-corrected chi connectivity index (χ4v) is 2.04. The van der Waals surface area contributed by atoms with E-state index in [1.807, 2.05) is 13.0 Å². The number of benzene rings is 1. The number of hydrogen-bond acceptors (Lipinski definition) is 2. The van der Waals surface area contributed by atoms with E-state index in [4.69, 9.17) is 11.6 Å². The van der Waals surface area contributed by atoms with E-state index in [2.05, 4.69) is 0 Å². The zero-order valence-electron chi connectivity index (χ0n) is 9.00. The van der Waals surface area contributed by atoms with E-state index in [1.165, 1.54) is 4.90 Å². The number of Topliss-reactive ketones (excluding diaryl/α,β-unsaturated/α-hetero) is 1. The summed E-state index contributed by atoms with van der Waals surface area (Å²) in [6.45, 7) is 2.44. The number of rotatable bonds is 1. The van der Waals surface area contributed by atoms with Crippen molar-refractivity contribution in [3.63, 3.8) is 0 Å². The second-order valence-electron chi connectivity index (χ2n) is 3.87. The molecule has 1 aromatic carbocycles. The van der Waals surface area contributed by atoms with Gasteiger partial charge in [-0.25, -0.2) is 0 Å². The van der Waals surface area contributed by atoms with Gasteiger partial charge in [0.2, 0.25) is 5.78 Å². The number of ketones is 1. The number of nitrogens with zero attached hydrogens (tertiary/aromatic N) is 1. The number of piperidine rings is 1. The second kappa shape index (κ2) is 4.26. The molecule has 1 aliphatic heterocycles. The molecule has 1 aromatic rings. The van der Waals surface area contributed by atoms with Crippen LogP contribution in [-0.4, -0.2) is 18.2 Å². The van der Waals surface area contributed by atoms with Crippen molar-refractivity contribution in [3.8, 4) is 0 Å². The first-order valence-corrected chi connectivity index (χ1v) is 5.59. The van der Waals surface area contributed by atoms with Crippen molar-refractivity contribution in [2.24, 2.45) is 0 Å². The zero-order valence-corrected chi connectivity index (χ0v) is 9.75. The summed E-state index contributed by atoms with van der Waals surface area (Å²) in [6.07, 6.45) is 1.07. The molecule has 0 unspecified atom stereocenters. The molecule has 0 radical (unpaired) electrons. The Morgan fingerprint density at radius 3 is 2.81 bits per heavy atom. The van der Waals surface area contributed by atoms with Gasteiger partial charge in [-0.15, -0.1) is 0 Å². The van der Waals surface area contributed by atoms with Crippen LogP contribution in [0.5, 0.6) is 0 Å².